The SMILES string of the molecule is CCOC(=O)c1cnn(-c2cc(C)c3ccccc3n2)c1NC(=O)c1ccccc1Cl. The maximum absolute atomic E-state index is 12.9. The minimum Gasteiger partial charge on any atom is -0.462 e. The summed E-state index contributed by atoms with van der Waals surface area (Å²) in [5, 5.41) is 8.37. The number of pyridine rings is 1. The van der Waals surface area contributed by atoms with Crippen molar-refractivity contribution in [1.29, 1.82) is 0 Å². The smallest absolute Gasteiger partial charge is 0.343 e. The number of fused-ring (bicyclic) bond motifs is 1. The summed E-state index contributed by atoms with van der Waals surface area (Å²) in [6.45, 7) is 3.86. The number of nitrogens with zero attached hydrogens (tertiary/aromatic N) is 3. The Morgan fingerprint density at radius 3 is 2.61 bits per heavy atom. The van der Waals surface area contributed by atoms with Crippen LogP contribution in [0.3, 0.4) is 0 Å². The van der Waals surface area contributed by atoms with Crippen molar-refractivity contribution >= 4 is 40.2 Å². The fourth-order valence-corrected chi connectivity index (χ4v) is 3.48. The van der Waals surface area contributed by atoms with E-state index in [9.17, 15) is 9.59 Å². The molecule has 7 nitrogen and oxygen atoms in total. The highest BCUT2D eigenvalue weighted by Gasteiger charge is 2.23. The number of aromatic nitrogens is 3. The summed E-state index contributed by atoms with van der Waals surface area (Å²) >= 11 is 6.17. The van der Waals surface area contributed by atoms with Crippen molar-refractivity contribution in [1.82, 2.24) is 14.8 Å². The number of para-hydroxylation sites is 1. The predicted octanol–water partition coefficient (Wildman–Crippen LogP) is 4.81. The second kappa shape index (κ2) is 8.57. The van der Waals surface area contributed by atoms with Crippen molar-refractivity contribution in [3.05, 3.63) is 82.5 Å². The molecule has 0 radical (unpaired) electrons. The van der Waals surface area contributed by atoms with Gasteiger partial charge in [0.2, 0.25) is 0 Å². The first kappa shape index (κ1) is 20.6. The van der Waals surface area contributed by atoms with Crippen molar-refractivity contribution in [3.8, 4) is 5.82 Å². The van der Waals surface area contributed by atoms with Gasteiger partial charge in [0.05, 0.1) is 28.9 Å². The van der Waals surface area contributed by atoms with Crippen LogP contribution < -0.4 is 5.32 Å². The van der Waals surface area contributed by atoms with Gasteiger partial charge in [0.15, 0.2) is 11.6 Å². The zero-order valence-electron chi connectivity index (χ0n) is 16.9. The van der Waals surface area contributed by atoms with Gasteiger partial charge in [-0.3, -0.25) is 4.79 Å². The van der Waals surface area contributed by atoms with Gasteiger partial charge in [0.25, 0.3) is 5.91 Å². The average molecular weight is 435 g/mol. The Balaban J connectivity index is 1.83. The lowest BCUT2D eigenvalue weighted by molar-refractivity contribution is 0.0527. The van der Waals surface area contributed by atoms with Gasteiger partial charge >= 0.3 is 5.97 Å². The summed E-state index contributed by atoms with van der Waals surface area (Å²) in [6.07, 6.45) is 1.35. The van der Waals surface area contributed by atoms with E-state index >= 15 is 0 Å². The minimum absolute atomic E-state index is 0.120. The molecule has 2 aromatic heterocycles. The number of anilines is 1. The lowest BCUT2D eigenvalue weighted by Gasteiger charge is -2.12. The van der Waals surface area contributed by atoms with Gasteiger partial charge in [-0.2, -0.15) is 9.78 Å². The third kappa shape index (κ3) is 4.00. The van der Waals surface area contributed by atoms with E-state index in [2.05, 4.69) is 15.4 Å². The lowest BCUT2D eigenvalue weighted by Crippen LogP contribution is -2.19. The van der Waals surface area contributed by atoms with Gasteiger partial charge < -0.3 is 10.1 Å². The summed E-state index contributed by atoms with van der Waals surface area (Å²) in [5.74, 6) is -0.456. The molecule has 0 fully saturated rings. The number of halogens is 1. The largest absolute Gasteiger partial charge is 0.462 e. The maximum atomic E-state index is 12.9. The zero-order chi connectivity index (χ0) is 22.0. The monoisotopic (exact) mass is 434 g/mol. The topological polar surface area (TPSA) is 86.1 Å². The van der Waals surface area contributed by atoms with Crippen LogP contribution in [0.25, 0.3) is 16.7 Å². The molecule has 0 aliphatic heterocycles. The summed E-state index contributed by atoms with van der Waals surface area (Å²) in [7, 11) is 0. The molecule has 0 saturated carbocycles. The zero-order valence-corrected chi connectivity index (χ0v) is 17.7. The Kier molecular flexibility index (Phi) is 5.68. The fraction of sp³-hybridized carbons (Fsp3) is 0.130. The van der Waals surface area contributed by atoms with E-state index < -0.39 is 11.9 Å². The third-order valence-electron chi connectivity index (χ3n) is 4.74. The van der Waals surface area contributed by atoms with Crippen LogP contribution in [0.5, 0.6) is 0 Å². The molecule has 2 heterocycles. The van der Waals surface area contributed by atoms with Crippen LogP contribution >= 0.6 is 11.6 Å². The Labute approximate surface area is 183 Å². The lowest BCUT2D eigenvalue weighted by atomic mass is 10.1. The van der Waals surface area contributed by atoms with Crippen LogP contribution in [-0.2, 0) is 4.74 Å². The molecule has 0 saturated heterocycles. The first-order valence-corrected chi connectivity index (χ1v) is 10.0. The Bertz CT molecular complexity index is 1300. The third-order valence-corrected chi connectivity index (χ3v) is 5.07. The molecule has 0 unspecified atom stereocenters. The molecule has 4 rings (SSSR count). The molecule has 0 atom stereocenters. The molecular weight excluding hydrogens is 416 g/mol. The maximum Gasteiger partial charge on any atom is 0.343 e. The van der Waals surface area contributed by atoms with Crippen molar-refractivity contribution in [3.63, 3.8) is 0 Å². The summed E-state index contributed by atoms with van der Waals surface area (Å²) in [5.41, 5.74) is 2.15. The second-order valence-corrected chi connectivity index (χ2v) is 7.19. The van der Waals surface area contributed by atoms with Crippen LogP contribution in [0.4, 0.5) is 5.82 Å². The number of ether oxygens (including phenoxy) is 1. The van der Waals surface area contributed by atoms with E-state index in [-0.39, 0.29) is 23.6 Å². The summed E-state index contributed by atoms with van der Waals surface area (Å²) in [6, 6.07) is 16.2. The highest BCUT2D eigenvalue weighted by molar-refractivity contribution is 6.34. The van der Waals surface area contributed by atoms with Gasteiger partial charge in [-0.05, 0) is 43.7 Å². The molecule has 2 aromatic carbocycles. The van der Waals surface area contributed by atoms with E-state index in [1.54, 1.807) is 31.2 Å². The van der Waals surface area contributed by atoms with Gasteiger partial charge in [0.1, 0.15) is 5.56 Å². The quantitative estimate of drug-likeness (QED) is 0.455. The van der Waals surface area contributed by atoms with Crippen LogP contribution in [0.2, 0.25) is 5.02 Å². The molecule has 0 aliphatic rings. The molecular formula is C23H19ClN4O3. The number of hydrogen-bond acceptors (Lipinski definition) is 5. The molecule has 1 N–H and O–H groups in total. The van der Waals surface area contributed by atoms with Gasteiger partial charge in [0, 0.05) is 5.39 Å². The second-order valence-electron chi connectivity index (χ2n) is 6.79. The first-order chi connectivity index (χ1) is 15.0. The van der Waals surface area contributed by atoms with Gasteiger partial charge in [-0.15, -0.1) is 0 Å². The van der Waals surface area contributed by atoms with Crippen molar-refractivity contribution in [2.24, 2.45) is 0 Å². The van der Waals surface area contributed by atoms with E-state index in [0.717, 1.165) is 16.5 Å². The number of benzene rings is 2. The molecule has 0 aliphatic carbocycles. The number of carbonyl (C=O) groups excluding carboxylic acids is 2. The number of carbonyl (C=O) groups is 2. The average Bonchev–Trinajstić information content (AvgIpc) is 3.17. The first-order valence-electron chi connectivity index (χ1n) is 9.67. The summed E-state index contributed by atoms with van der Waals surface area (Å²) in [4.78, 5) is 30.1. The van der Waals surface area contributed by atoms with E-state index in [1.807, 2.05) is 37.3 Å². The molecule has 8 heteroatoms. The molecule has 1 amide bonds. The van der Waals surface area contributed by atoms with E-state index in [0.29, 0.717) is 10.8 Å². The van der Waals surface area contributed by atoms with Crippen LogP contribution in [-0.4, -0.2) is 33.2 Å². The number of nitrogens with one attached hydrogen (secondary N) is 1. The van der Waals surface area contributed by atoms with Crippen LogP contribution in [0.15, 0.2) is 60.8 Å². The van der Waals surface area contributed by atoms with E-state index in [1.165, 1.54) is 10.9 Å². The summed E-state index contributed by atoms with van der Waals surface area (Å²) < 4.78 is 6.55. The highest BCUT2D eigenvalue weighted by atomic mass is 35.5. The standard InChI is InChI=1S/C23H19ClN4O3/c1-3-31-23(30)17-13-25-28(20-12-14(2)15-8-5-7-11-19(15)26-20)21(17)27-22(29)16-9-4-6-10-18(16)24/h4-13H,3H2,1-2H3,(H,27,29). The van der Waals surface area contributed by atoms with Crippen molar-refractivity contribution in [2.45, 2.75) is 13.8 Å². The molecule has 0 spiro atoms. The number of amides is 1. The Morgan fingerprint density at radius 1 is 1.10 bits per heavy atom. The number of aryl methyl sites for hydroxylation is 1. The van der Waals surface area contributed by atoms with Crippen molar-refractivity contribution < 1.29 is 14.3 Å². The van der Waals surface area contributed by atoms with Gasteiger partial charge in [-0.1, -0.05) is 41.9 Å². The normalized spacial score (nSPS) is 10.8. The van der Waals surface area contributed by atoms with Gasteiger partial charge in [-0.25, -0.2) is 9.78 Å². The Morgan fingerprint density at radius 2 is 1.84 bits per heavy atom. The number of rotatable bonds is 5. The fourth-order valence-electron chi connectivity index (χ4n) is 3.26. The Hall–Kier alpha value is -3.71. The highest BCUT2D eigenvalue weighted by Crippen LogP contribution is 2.25. The van der Waals surface area contributed by atoms with E-state index in [4.69, 9.17) is 16.3 Å². The van der Waals surface area contributed by atoms with Crippen molar-refractivity contribution in [2.75, 3.05) is 11.9 Å². The predicted molar refractivity (Wildman–Crippen MR) is 119 cm³/mol. The number of hydrogen-bond donors (Lipinski definition) is 1. The molecule has 0 bridgehead atoms. The van der Waals surface area contributed by atoms with Crippen LogP contribution in [0, 0.1) is 6.92 Å². The number of esters is 1. The minimum atomic E-state index is -0.597. The molecule has 156 valence electrons. The van der Waals surface area contributed by atoms with Crippen LogP contribution in [0.1, 0.15) is 33.2 Å². The molecule has 31 heavy (non-hydrogen) atoms. The molecule has 4 aromatic rings.